The number of benzene rings is 1. The van der Waals surface area contributed by atoms with Crippen molar-refractivity contribution in [2.75, 3.05) is 0 Å². The van der Waals surface area contributed by atoms with Crippen LogP contribution in [0.2, 0.25) is 0 Å². The van der Waals surface area contributed by atoms with E-state index in [1.807, 2.05) is 12.1 Å². The molecule has 0 spiro atoms. The van der Waals surface area contributed by atoms with Crippen LogP contribution in [0.25, 0.3) is 0 Å². The second-order valence-corrected chi connectivity index (χ2v) is 4.78. The zero-order valence-corrected chi connectivity index (χ0v) is 11.1. The molecule has 98 valence electrons. The summed E-state index contributed by atoms with van der Waals surface area (Å²) in [7, 11) is 0. The molecule has 3 nitrogen and oxygen atoms in total. The van der Waals surface area contributed by atoms with Gasteiger partial charge in [0.1, 0.15) is 11.8 Å². The van der Waals surface area contributed by atoms with E-state index in [0.29, 0.717) is 11.5 Å². The van der Waals surface area contributed by atoms with Crippen molar-refractivity contribution in [3.8, 4) is 11.8 Å². The Morgan fingerprint density at radius 3 is 2.56 bits per heavy atom. The van der Waals surface area contributed by atoms with Crippen molar-refractivity contribution in [1.29, 1.82) is 5.26 Å². The SMILES string of the molecule is Cl.N#Cc1cccc([C@H](N)C2CCCCC2)c1O. The highest BCUT2D eigenvalue weighted by atomic mass is 35.5. The molecule has 3 N–H and O–H groups in total. The van der Waals surface area contributed by atoms with Crippen LogP contribution in [0.4, 0.5) is 0 Å². The maximum absolute atomic E-state index is 9.99. The number of halogens is 1. The summed E-state index contributed by atoms with van der Waals surface area (Å²) in [5.41, 5.74) is 7.26. The lowest BCUT2D eigenvalue weighted by Gasteiger charge is -2.28. The third-order valence-electron chi connectivity index (χ3n) is 3.70. The highest BCUT2D eigenvalue weighted by molar-refractivity contribution is 5.85. The molecule has 1 aromatic rings. The number of phenolic OH excluding ortho intramolecular Hbond substituents is 1. The van der Waals surface area contributed by atoms with Crippen LogP contribution in [0.5, 0.6) is 5.75 Å². The second-order valence-electron chi connectivity index (χ2n) is 4.78. The van der Waals surface area contributed by atoms with Gasteiger partial charge in [-0.05, 0) is 24.8 Å². The van der Waals surface area contributed by atoms with E-state index in [1.165, 1.54) is 19.3 Å². The molecule has 0 amide bonds. The molecule has 1 aromatic carbocycles. The summed E-state index contributed by atoms with van der Waals surface area (Å²) in [6.07, 6.45) is 5.97. The minimum atomic E-state index is -0.149. The summed E-state index contributed by atoms with van der Waals surface area (Å²) in [6.45, 7) is 0. The van der Waals surface area contributed by atoms with Crippen LogP contribution < -0.4 is 5.73 Å². The first-order chi connectivity index (χ1) is 8.24. The molecule has 0 saturated heterocycles. The van der Waals surface area contributed by atoms with Crippen LogP contribution >= 0.6 is 12.4 Å². The Morgan fingerprint density at radius 1 is 1.28 bits per heavy atom. The van der Waals surface area contributed by atoms with Crippen molar-refractivity contribution in [3.63, 3.8) is 0 Å². The van der Waals surface area contributed by atoms with Gasteiger partial charge in [0.2, 0.25) is 0 Å². The van der Waals surface area contributed by atoms with E-state index in [9.17, 15) is 5.11 Å². The molecule has 0 heterocycles. The van der Waals surface area contributed by atoms with Crippen LogP contribution in [0.1, 0.15) is 49.3 Å². The number of hydrogen-bond donors (Lipinski definition) is 2. The molecule has 0 bridgehead atoms. The Balaban J connectivity index is 0.00000162. The quantitative estimate of drug-likeness (QED) is 0.863. The standard InChI is InChI=1S/C14H18N2O.ClH/c15-9-11-7-4-8-12(14(11)17)13(16)10-5-2-1-3-6-10;/h4,7-8,10,13,17H,1-3,5-6,16H2;1H/t13-;/m1./s1. The predicted octanol–water partition coefficient (Wildman–Crippen LogP) is 3.27. The molecule has 18 heavy (non-hydrogen) atoms. The van der Waals surface area contributed by atoms with Gasteiger partial charge in [-0.1, -0.05) is 31.4 Å². The van der Waals surface area contributed by atoms with Crippen LogP contribution in [-0.2, 0) is 0 Å². The fourth-order valence-electron chi connectivity index (χ4n) is 2.67. The third-order valence-corrected chi connectivity index (χ3v) is 3.70. The van der Waals surface area contributed by atoms with E-state index in [0.717, 1.165) is 18.4 Å². The van der Waals surface area contributed by atoms with E-state index in [4.69, 9.17) is 11.0 Å². The van der Waals surface area contributed by atoms with E-state index in [2.05, 4.69) is 0 Å². The average Bonchev–Trinajstić information content (AvgIpc) is 2.39. The summed E-state index contributed by atoms with van der Waals surface area (Å²) in [4.78, 5) is 0. The Labute approximate surface area is 114 Å². The van der Waals surface area contributed by atoms with Gasteiger partial charge >= 0.3 is 0 Å². The first-order valence-corrected chi connectivity index (χ1v) is 6.21. The Morgan fingerprint density at radius 2 is 1.94 bits per heavy atom. The van der Waals surface area contributed by atoms with E-state index < -0.39 is 0 Å². The molecule has 2 rings (SSSR count). The number of para-hydroxylation sites is 1. The van der Waals surface area contributed by atoms with Crippen molar-refractivity contribution in [2.24, 2.45) is 11.7 Å². The van der Waals surface area contributed by atoms with E-state index in [1.54, 1.807) is 12.1 Å². The molecule has 0 radical (unpaired) electrons. The number of nitriles is 1. The van der Waals surface area contributed by atoms with Gasteiger partial charge in [-0.25, -0.2) is 0 Å². The van der Waals surface area contributed by atoms with Gasteiger partial charge in [0.05, 0.1) is 5.56 Å². The Kier molecular flexibility index (Phi) is 5.46. The molecule has 1 atom stereocenters. The van der Waals surface area contributed by atoms with Crippen molar-refractivity contribution < 1.29 is 5.11 Å². The van der Waals surface area contributed by atoms with Crippen molar-refractivity contribution >= 4 is 12.4 Å². The van der Waals surface area contributed by atoms with E-state index in [-0.39, 0.29) is 24.2 Å². The molecule has 1 aliphatic carbocycles. The van der Waals surface area contributed by atoms with Crippen LogP contribution in [0.3, 0.4) is 0 Å². The zero-order valence-electron chi connectivity index (χ0n) is 10.3. The second kappa shape index (κ2) is 6.63. The van der Waals surface area contributed by atoms with Gasteiger partial charge in [-0.2, -0.15) is 5.26 Å². The first kappa shape index (κ1) is 14.8. The molecule has 4 heteroatoms. The maximum Gasteiger partial charge on any atom is 0.138 e. The van der Waals surface area contributed by atoms with Gasteiger partial charge in [-0.15, -0.1) is 12.4 Å². The fourth-order valence-corrected chi connectivity index (χ4v) is 2.67. The van der Waals surface area contributed by atoms with Gasteiger partial charge in [0.15, 0.2) is 0 Å². The lowest BCUT2D eigenvalue weighted by molar-refractivity contribution is 0.303. The molecule has 0 unspecified atom stereocenters. The van der Waals surface area contributed by atoms with Crippen LogP contribution in [0, 0.1) is 17.2 Å². The molecule has 1 fully saturated rings. The number of aromatic hydroxyl groups is 1. The number of hydrogen-bond acceptors (Lipinski definition) is 3. The van der Waals surface area contributed by atoms with Gasteiger partial charge in [0.25, 0.3) is 0 Å². The zero-order chi connectivity index (χ0) is 12.3. The van der Waals surface area contributed by atoms with Crippen LogP contribution in [0.15, 0.2) is 18.2 Å². The van der Waals surface area contributed by atoms with Gasteiger partial charge < -0.3 is 10.8 Å². The molecule has 0 aliphatic heterocycles. The van der Waals surface area contributed by atoms with Crippen molar-refractivity contribution in [1.82, 2.24) is 0 Å². The third kappa shape index (κ3) is 2.95. The van der Waals surface area contributed by atoms with Crippen molar-refractivity contribution in [2.45, 2.75) is 38.1 Å². The molecular weight excluding hydrogens is 248 g/mol. The summed E-state index contributed by atoms with van der Waals surface area (Å²) in [5.74, 6) is 0.497. The molecule has 1 saturated carbocycles. The monoisotopic (exact) mass is 266 g/mol. The predicted molar refractivity (Wildman–Crippen MR) is 73.6 cm³/mol. The Hall–Kier alpha value is -1.24. The Bertz CT molecular complexity index is 436. The largest absolute Gasteiger partial charge is 0.506 e. The smallest absolute Gasteiger partial charge is 0.138 e. The summed E-state index contributed by atoms with van der Waals surface area (Å²) in [6, 6.07) is 7.07. The van der Waals surface area contributed by atoms with Gasteiger partial charge in [-0.3, -0.25) is 0 Å². The normalized spacial score (nSPS) is 17.6. The minimum Gasteiger partial charge on any atom is -0.506 e. The highest BCUT2D eigenvalue weighted by Crippen LogP contribution is 2.36. The number of rotatable bonds is 2. The summed E-state index contributed by atoms with van der Waals surface area (Å²) in [5, 5.41) is 18.9. The average molecular weight is 267 g/mol. The maximum atomic E-state index is 9.99. The number of phenols is 1. The number of nitrogens with zero attached hydrogens (tertiary/aromatic N) is 1. The van der Waals surface area contributed by atoms with Gasteiger partial charge in [0, 0.05) is 11.6 Å². The molecule has 1 aliphatic rings. The van der Waals surface area contributed by atoms with Crippen molar-refractivity contribution in [3.05, 3.63) is 29.3 Å². The molecule has 0 aromatic heterocycles. The molecular formula is C14H19ClN2O. The lowest BCUT2D eigenvalue weighted by atomic mass is 9.81. The van der Waals surface area contributed by atoms with E-state index >= 15 is 0 Å². The highest BCUT2D eigenvalue weighted by Gasteiger charge is 2.24. The fraction of sp³-hybridized carbons (Fsp3) is 0.500. The summed E-state index contributed by atoms with van der Waals surface area (Å²) >= 11 is 0. The lowest BCUT2D eigenvalue weighted by Crippen LogP contribution is -2.23. The first-order valence-electron chi connectivity index (χ1n) is 6.21. The number of nitrogens with two attached hydrogens (primary N) is 1. The van der Waals surface area contributed by atoms with Crippen LogP contribution in [-0.4, -0.2) is 5.11 Å². The topological polar surface area (TPSA) is 70.0 Å². The summed E-state index contributed by atoms with van der Waals surface area (Å²) < 4.78 is 0. The minimum absolute atomic E-state index is 0.